The molecule has 0 fully saturated rings. The number of sulfonamides is 1. The summed E-state index contributed by atoms with van der Waals surface area (Å²) >= 11 is 0. The number of carbonyl (C=O) groups excluding carboxylic acids is 1. The standard InChI is InChI=1S/C21H27NO5S/c1-15(2)11-12-27-18-6-4-5-17(13-18)20(14-21(23)24)22-28(25,26)19-9-7-16(3)8-10-19/h4-10,13,15,20,22H,11-12,14H2,1-3H3,(H,23,24)/p-1/t20-/m0/s1. The van der Waals surface area contributed by atoms with E-state index in [4.69, 9.17) is 4.74 Å². The first kappa shape index (κ1) is 21.9. The van der Waals surface area contributed by atoms with E-state index in [9.17, 15) is 18.3 Å². The summed E-state index contributed by atoms with van der Waals surface area (Å²) < 4.78 is 33.5. The SMILES string of the molecule is Cc1ccc(S(=O)(=O)N[C@@H](CC(=O)[O-])c2cccc(OCCC(C)C)c2)cc1. The number of benzene rings is 2. The number of ether oxygens (including phenoxy) is 1. The van der Waals surface area contributed by atoms with Crippen LogP contribution in [0, 0.1) is 12.8 Å². The average Bonchev–Trinajstić information content (AvgIpc) is 2.61. The molecule has 2 aromatic rings. The Balaban J connectivity index is 2.23. The minimum atomic E-state index is -3.89. The zero-order valence-corrected chi connectivity index (χ0v) is 17.2. The van der Waals surface area contributed by atoms with Crippen molar-refractivity contribution in [1.82, 2.24) is 4.72 Å². The molecule has 0 aliphatic heterocycles. The molecule has 0 saturated carbocycles. The van der Waals surface area contributed by atoms with Gasteiger partial charge in [0.15, 0.2) is 0 Å². The van der Waals surface area contributed by atoms with Crippen LogP contribution in [0.4, 0.5) is 0 Å². The van der Waals surface area contributed by atoms with Crippen molar-refractivity contribution in [2.45, 2.75) is 44.6 Å². The van der Waals surface area contributed by atoms with E-state index in [1.807, 2.05) is 6.92 Å². The van der Waals surface area contributed by atoms with Crippen LogP contribution in [0.1, 0.15) is 43.9 Å². The molecule has 1 atom stereocenters. The van der Waals surface area contributed by atoms with Crippen molar-refractivity contribution in [3.8, 4) is 5.75 Å². The zero-order valence-electron chi connectivity index (χ0n) is 16.3. The molecule has 6 nitrogen and oxygen atoms in total. The van der Waals surface area contributed by atoms with Gasteiger partial charge in [-0.15, -0.1) is 0 Å². The van der Waals surface area contributed by atoms with E-state index in [1.54, 1.807) is 36.4 Å². The second kappa shape index (κ2) is 9.71. The van der Waals surface area contributed by atoms with E-state index < -0.39 is 28.5 Å². The number of aryl methyl sites for hydroxylation is 1. The van der Waals surface area contributed by atoms with E-state index in [2.05, 4.69) is 18.6 Å². The second-order valence-corrected chi connectivity index (χ2v) is 8.88. The van der Waals surface area contributed by atoms with Crippen LogP contribution >= 0.6 is 0 Å². The number of hydrogen-bond donors (Lipinski definition) is 1. The van der Waals surface area contributed by atoms with Crippen LogP contribution < -0.4 is 14.6 Å². The molecule has 0 aliphatic carbocycles. The summed E-state index contributed by atoms with van der Waals surface area (Å²) in [5, 5.41) is 11.2. The smallest absolute Gasteiger partial charge is 0.241 e. The summed E-state index contributed by atoms with van der Waals surface area (Å²) in [4.78, 5) is 11.3. The first-order valence-electron chi connectivity index (χ1n) is 9.19. The predicted octanol–water partition coefficient (Wildman–Crippen LogP) is 2.58. The van der Waals surface area contributed by atoms with Crippen LogP contribution in [0.5, 0.6) is 5.75 Å². The van der Waals surface area contributed by atoms with Gasteiger partial charge in [0.05, 0.1) is 17.5 Å². The Kier molecular flexibility index (Phi) is 7.60. The molecule has 0 aromatic heterocycles. The highest BCUT2D eigenvalue weighted by atomic mass is 32.2. The van der Waals surface area contributed by atoms with Crippen LogP contribution in [0.25, 0.3) is 0 Å². The lowest BCUT2D eigenvalue weighted by molar-refractivity contribution is -0.306. The van der Waals surface area contributed by atoms with Gasteiger partial charge < -0.3 is 14.6 Å². The summed E-state index contributed by atoms with van der Waals surface area (Å²) in [6.07, 6.45) is 0.396. The van der Waals surface area contributed by atoms with E-state index in [0.29, 0.717) is 23.8 Å². The van der Waals surface area contributed by atoms with Gasteiger partial charge in [0.2, 0.25) is 10.0 Å². The third kappa shape index (κ3) is 6.65. The number of nitrogens with one attached hydrogen (secondary N) is 1. The Morgan fingerprint density at radius 3 is 2.43 bits per heavy atom. The number of hydrogen-bond acceptors (Lipinski definition) is 5. The van der Waals surface area contributed by atoms with Crippen LogP contribution in [0.15, 0.2) is 53.4 Å². The highest BCUT2D eigenvalue weighted by Crippen LogP contribution is 2.24. The van der Waals surface area contributed by atoms with E-state index >= 15 is 0 Å². The molecule has 1 N–H and O–H groups in total. The average molecular weight is 405 g/mol. The van der Waals surface area contributed by atoms with Crippen molar-refractivity contribution in [2.75, 3.05) is 6.61 Å². The van der Waals surface area contributed by atoms with Crippen molar-refractivity contribution in [3.05, 3.63) is 59.7 Å². The number of rotatable bonds is 10. The minimum absolute atomic E-state index is 0.0748. The Morgan fingerprint density at radius 1 is 1.14 bits per heavy atom. The molecule has 0 heterocycles. The monoisotopic (exact) mass is 404 g/mol. The van der Waals surface area contributed by atoms with Crippen molar-refractivity contribution in [1.29, 1.82) is 0 Å². The van der Waals surface area contributed by atoms with Crippen molar-refractivity contribution in [3.63, 3.8) is 0 Å². The van der Waals surface area contributed by atoms with Gasteiger partial charge in [0.25, 0.3) is 0 Å². The van der Waals surface area contributed by atoms with Crippen molar-refractivity contribution < 1.29 is 23.1 Å². The number of carboxylic acid groups (broad SMARTS) is 1. The van der Waals surface area contributed by atoms with Crippen LogP contribution in [-0.2, 0) is 14.8 Å². The van der Waals surface area contributed by atoms with Gasteiger partial charge in [-0.1, -0.05) is 43.7 Å². The Morgan fingerprint density at radius 2 is 1.82 bits per heavy atom. The molecule has 0 bridgehead atoms. The van der Waals surface area contributed by atoms with E-state index in [-0.39, 0.29) is 4.90 Å². The lowest BCUT2D eigenvalue weighted by Crippen LogP contribution is -2.34. The fraction of sp³-hybridized carbons (Fsp3) is 0.381. The summed E-state index contributed by atoms with van der Waals surface area (Å²) in [6.45, 7) is 6.57. The van der Waals surface area contributed by atoms with Crippen molar-refractivity contribution >= 4 is 16.0 Å². The molecule has 2 rings (SSSR count). The molecule has 28 heavy (non-hydrogen) atoms. The zero-order chi connectivity index (χ0) is 20.7. The topological polar surface area (TPSA) is 95.5 Å². The maximum absolute atomic E-state index is 12.7. The van der Waals surface area contributed by atoms with E-state index in [0.717, 1.165) is 12.0 Å². The lowest BCUT2D eigenvalue weighted by Gasteiger charge is -2.20. The van der Waals surface area contributed by atoms with Crippen LogP contribution in [0.2, 0.25) is 0 Å². The Bertz CT molecular complexity index is 891. The van der Waals surface area contributed by atoms with Crippen molar-refractivity contribution in [2.24, 2.45) is 5.92 Å². The van der Waals surface area contributed by atoms with E-state index in [1.165, 1.54) is 12.1 Å². The van der Waals surface area contributed by atoms with Gasteiger partial charge in [-0.05, 0) is 49.1 Å². The largest absolute Gasteiger partial charge is 0.550 e. The normalized spacial score (nSPS) is 12.7. The minimum Gasteiger partial charge on any atom is -0.550 e. The third-order valence-corrected chi connectivity index (χ3v) is 5.71. The predicted molar refractivity (Wildman–Crippen MR) is 105 cm³/mol. The first-order chi connectivity index (χ1) is 13.2. The lowest BCUT2D eigenvalue weighted by atomic mass is 10.0. The number of aliphatic carboxylic acids is 1. The molecule has 0 radical (unpaired) electrons. The molecule has 0 aliphatic rings. The highest BCUT2D eigenvalue weighted by molar-refractivity contribution is 7.89. The molecule has 7 heteroatoms. The summed E-state index contributed by atoms with van der Waals surface area (Å²) in [7, 11) is -3.89. The summed E-state index contributed by atoms with van der Waals surface area (Å²) in [5.74, 6) is -0.283. The molecular formula is C21H26NO5S-. The maximum Gasteiger partial charge on any atom is 0.241 e. The highest BCUT2D eigenvalue weighted by Gasteiger charge is 2.22. The fourth-order valence-corrected chi connectivity index (χ4v) is 3.82. The number of carboxylic acids is 1. The number of carbonyl (C=O) groups is 1. The fourth-order valence-electron chi connectivity index (χ4n) is 2.60. The van der Waals surface area contributed by atoms with Gasteiger partial charge in [0, 0.05) is 12.4 Å². The quantitative estimate of drug-likeness (QED) is 0.657. The molecule has 2 aromatic carbocycles. The molecule has 0 amide bonds. The van der Waals surface area contributed by atoms with Gasteiger partial charge in [-0.3, -0.25) is 0 Å². The summed E-state index contributed by atoms with van der Waals surface area (Å²) in [5.41, 5.74) is 1.43. The van der Waals surface area contributed by atoms with Crippen LogP contribution in [0.3, 0.4) is 0 Å². The van der Waals surface area contributed by atoms with Gasteiger partial charge in [-0.2, -0.15) is 0 Å². The second-order valence-electron chi connectivity index (χ2n) is 7.17. The third-order valence-electron chi connectivity index (χ3n) is 4.22. The summed E-state index contributed by atoms with van der Waals surface area (Å²) in [6, 6.07) is 12.2. The molecule has 0 unspecified atom stereocenters. The van der Waals surface area contributed by atoms with Gasteiger partial charge in [0.1, 0.15) is 5.75 Å². The Labute approximate surface area is 166 Å². The Hall–Kier alpha value is -2.38. The van der Waals surface area contributed by atoms with Gasteiger partial charge in [-0.25, -0.2) is 13.1 Å². The molecular weight excluding hydrogens is 378 g/mol. The van der Waals surface area contributed by atoms with Crippen LogP contribution in [-0.4, -0.2) is 21.0 Å². The van der Waals surface area contributed by atoms with Gasteiger partial charge >= 0.3 is 0 Å². The molecule has 0 spiro atoms. The maximum atomic E-state index is 12.7. The molecule has 0 saturated heterocycles. The first-order valence-corrected chi connectivity index (χ1v) is 10.7. The molecule has 152 valence electrons.